The molecule has 4 rings (SSSR count). The molecule has 0 spiro atoms. The molecule has 0 unspecified atom stereocenters. The van der Waals surface area contributed by atoms with Crippen molar-refractivity contribution >= 4 is 11.0 Å². The van der Waals surface area contributed by atoms with Gasteiger partial charge in [0.2, 0.25) is 0 Å². The average Bonchev–Trinajstić information content (AvgIpc) is 2.68. The molecule has 0 fully saturated rings. The van der Waals surface area contributed by atoms with E-state index in [2.05, 4.69) is 0 Å². The van der Waals surface area contributed by atoms with Crippen LogP contribution in [-0.4, -0.2) is 5.11 Å². The van der Waals surface area contributed by atoms with Crippen molar-refractivity contribution in [3.63, 3.8) is 0 Å². The number of rotatable bonds is 3. The molecule has 0 amide bonds. The first-order valence-corrected chi connectivity index (χ1v) is 8.09. The van der Waals surface area contributed by atoms with Gasteiger partial charge in [-0.3, -0.25) is 4.79 Å². The molecule has 3 aromatic carbocycles. The largest absolute Gasteiger partial charge is 0.456 e. The molecule has 0 bridgehead atoms. The molecular formula is C22H16O3. The van der Waals surface area contributed by atoms with Crippen LogP contribution < -0.4 is 5.43 Å². The standard InChI is InChI=1S/C22H16O3/c23-14-17-8-4-5-9-18(17)16-10-11-21-19(12-16)20(24)13-22(25-21)15-6-2-1-3-7-15/h1-13,23H,14H2. The highest BCUT2D eigenvalue weighted by Crippen LogP contribution is 2.28. The van der Waals surface area contributed by atoms with Crippen LogP contribution in [0.3, 0.4) is 0 Å². The van der Waals surface area contributed by atoms with E-state index in [1.165, 1.54) is 6.07 Å². The lowest BCUT2D eigenvalue weighted by Gasteiger charge is -2.09. The quantitative estimate of drug-likeness (QED) is 0.597. The maximum Gasteiger partial charge on any atom is 0.193 e. The Kier molecular flexibility index (Phi) is 3.92. The van der Waals surface area contributed by atoms with Gasteiger partial charge >= 0.3 is 0 Å². The Morgan fingerprint density at radius 2 is 1.56 bits per heavy atom. The average molecular weight is 328 g/mol. The summed E-state index contributed by atoms with van der Waals surface area (Å²) in [6, 6.07) is 24.3. The van der Waals surface area contributed by atoms with Crippen LogP contribution >= 0.6 is 0 Å². The van der Waals surface area contributed by atoms with Crippen molar-refractivity contribution in [1.82, 2.24) is 0 Å². The molecule has 0 saturated heterocycles. The lowest BCUT2D eigenvalue weighted by atomic mass is 9.98. The minimum atomic E-state index is -0.0802. The smallest absolute Gasteiger partial charge is 0.193 e. The maximum atomic E-state index is 12.6. The first-order chi connectivity index (χ1) is 12.3. The molecular weight excluding hydrogens is 312 g/mol. The number of benzene rings is 3. The molecule has 0 radical (unpaired) electrons. The second kappa shape index (κ2) is 6.38. The van der Waals surface area contributed by atoms with Gasteiger partial charge in [-0.15, -0.1) is 0 Å². The zero-order valence-electron chi connectivity index (χ0n) is 13.5. The summed E-state index contributed by atoms with van der Waals surface area (Å²) in [6.45, 7) is -0.0459. The molecule has 3 nitrogen and oxygen atoms in total. The topological polar surface area (TPSA) is 50.4 Å². The van der Waals surface area contributed by atoms with Gasteiger partial charge < -0.3 is 9.52 Å². The summed E-state index contributed by atoms with van der Waals surface area (Å²) in [6.07, 6.45) is 0. The van der Waals surface area contributed by atoms with Crippen LogP contribution in [0.2, 0.25) is 0 Å². The number of aliphatic hydroxyl groups excluding tert-OH is 1. The molecule has 1 aromatic heterocycles. The molecule has 3 heteroatoms. The fourth-order valence-electron chi connectivity index (χ4n) is 3.01. The number of fused-ring (bicyclic) bond motifs is 1. The predicted octanol–water partition coefficient (Wildman–Crippen LogP) is 4.62. The molecule has 25 heavy (non-hydrogen) atoms. The Morgan fingerprint density at radius 3 is 2.36 bits per heavy atom. The Labute approximate surface area is 144 Å². The first kappa shape index (κ1) is 15.4. The van der Waals surface area contributed by atoms with Gasteiger partial charge in [0.05, 0.1) is 12.0 Å². The molecule has 1 N–H and O–H groups in total. The van der Waals surface area contributed by atoms with Crippen LogP contribution in [0.15, 0.2) is 88.1 Å². The van der Waals surface area contributed by atoms with Crippen LogP contribution in [0.4, 0.5) is 0 Å². The normalized spacial score (nSPS) is 10.9. The summed E-state index contributed by atoms with van der Waals surface area (Å²) in [5, 5.41) is 10.1. The third kappa shape index (κ3) is 2.86. The zero-order valence-corrected chi connectivity index (χ0v) is 13.5. The number of aliphatic hydroxyl groups is 1. The maximum absolute atomic E-state index is 12.6. The van der Waals surface area contributed by atoms with Crippen molar-refractivity contribution < 1.29 is 9.52 Å². The molecule has 0 atom stereocenters. The molecule has 0 saturated carbocycles. The summed E-state index contributed by atoms with van der Waals surface area (Å²) in [5.41, 5.74) is 3.97. The Bertz CT molecular complexity index is 1090. The summed E-state index contributed by atoms with van der Waals surface area (Å²) in [4.78, 5) is 12.6. The van der Waals surface area contributed by atoms with Crippen molar-refractivity contribution in [1.29, 1.82) is 0 Å². The molecule has 0 aliphatic rings. The van der Waals surface area contributed by atoms with Crippen molar-refractivity contribution in [3.05, 3.63) is 94.6 Å². The summed E-state index contributed by atoms with van der Waals surface area (Å²) >= 11 is 0. The van der Waals surface area contributed by atoms with Gasteiger partial charge in [-0.2, -0.15) is 0 Å². The molecule has 1 heterocycles. The van der Waals surface area contributed by atoms with Gasteiger partial charge in [-0.25, -0.2) is 0 Å². The van der Waals surface area contributed by atoms with Crippen molar-refractivity contribution in [2.24, 2.45) is 0 Å². The van der Waals surface area contributed by atoms with E-state index in [0.29, 0.717) is 16.7 Å². The second-order valence-corrected chi connectivity index (χ2v) is 5.87. The van der Waals surface area contributed by atoms with Crippen LogP contribution in [0, 0.1) is 0 Å². The zero-order chi connectivity index (χ0) is 17.2. The SMILES string of the molecule is O=c1cc(-c2ccccc2)oc2ccc(-c3ccccc3CO)cc12. The van der Waals surface area contributed by atoms with E-state index in [1.807, 2.05) is 72.8 Å². The molecule has 0 aliphatic carbocycles. The monoisotopic (exact) mass is 328 g/mol. The lowest BCUT2D eigenvalue weighted by molar-refractivity contribution is 0.282. The minimum Gasteiger partial charge on any atom is -0.456 e. The van der Waals surface area contributed by atoms with Gasteiger partial charge in [0, 0.05) is 11.6 Å². The van der Waals surface area contributed by atoms with E-state index in [0.717, 1.165) is 22.3 Å². The highest BCUT2D eigenvalue weighted by molar-refractivity contribution is 5.85. The highest BCUT2D eigenvalue weighted by Gasteiger charge is 2.10. The number of hydrogen-bond donors (Lipinski definition) is 1. The Morgan fingerprint density at radius 1 is 0.800 bits per heavy atom. The van der Waals surface area contributed by atoms with E-state index in [-0.39, 0.29) is 12.0 Å². The van der Waals surface area contributed by atoms with E-state index in [9.17, 15) is 9.90 Å². The van der Waals surface area contributed by atoms with Crippen LogP contribution in [0.1, 0.15) is 5.56 Å². The summed E-state index contributed by atoms with van der Waals surface area (Å²) in [5.74, 6) is 0.557. The highest BCUT2D eigenvalue weighted by atomic mass is 16.3. The van der Waals surface area contributed by atoms with Gasteiger partial charge in [-0.1, -0.05) is 60.7 Å². The van der Waals surface area contributed by atoms with Gasteiger partial charge in [0.25, 0.3) is 0 Å². The van der Waals surface area contributed by atoms with Crippen LogP contribution in [0.5, 0.6) is 0 Å². The molecule has 4 aromatic rings. The van der Waals surface area contributed by atoms with E-state index in [1.54, 1.807) is 0 Å². The van der Waals surface area contributed by atoms with Gasteiger partial charge in [0.1, 0.15) is 11.3 Å². The second-order valence-electron chi connectivity index (χ2n) is 5.87. The molecule has 0 aliphatic heterocycles. The minimum absolute atomic E-state index is 0.0459. The summed E-state index contributed by atoms with van der Waals surface area (Å²) < 4.78 is 5.93. The molecule has 122 valence electrons. The van der Waals surface area contributed by atoms with E-state index < -0.39 is 0 Å². The summed E-state index contributed by atoms with van der Waals surface area (Å²) in [7, 11) is 0. The third-order valence-electron chi connectivity index (χ3n) is 4.28. The predicted molar refractivity (Wildman–Crippen MR) is 99.3 cm³/mol. The van der Waals surface area contributed by atoms with Crippen molar-refractivity contribution in [2.45, 2.75) is 6.61 Å². The fraction of sp³-hybridized carbons (Fsp3) is 0.0455. The van der Waals surface area contributed by atoms with Crippen molar-refractivity contribution in [3.8, 4) is 22.5 Å². The van der Waals surface area contributed by atoms with Crippen LogP contribution in [0.25, 0.3) is 33.4 Å². The fourth-order valence-corrected chi connectivity index (χ4v) is 3.01. The van der Waals surface area contributed by atoms with E-state index in [4.69, 9.17) is 4.42 Å². The van der Waals surface area contributed by atoms with Crippen molar-refractivity contribution in [2.75, 3.05) is 0 Å². The van der Waals surface area contributed by atoms with E-state index >= 15 is 0 Å². The van der Waals surface area contributed by atoms with Crippen LogP contribution in [-0.2, 0) is 6.61 Å². The van der Waals surface area contributed by atoms with Gasteiger partial charge in [-0.05, 0) is 28.8 Å². The Hall–Kier alpha value is -3.17. The van der Waals surface area contributed by atoms with Gasteiger partial charge in [0.15, 0.2) is 5.43 Å². The lowest BCUT2D eigenvalue weighted by Crippen LogP contribution is -2.01. The third-order valence-corrected chi connectivity index (χ3v) is 4.28. The first-order valence-electron chi connectivity index (χ1n) is 8.09. The number of hydrogen-bond acceptors (Lipinski definition) is 3. The Balaban J connectivity index is 1.88.